The molecule has 1 aromatic carbocycles. The molecule has 1 aliphatic rings. The fourth-order valence-corrected chi connectivity index (χ4v) is 2.55. The van der Waals surface area contributed by atoms with E-state index in [1.165, 1.54) is 0 Å². The lowest BCUT2D eigenvalue weighted by Gasteiger charge is -2.37. The van der Waals surface area contributed by atoms with Crippen molar-refractivity contribution in [2.24, 2.45) is 0 Å². The van der Waals surface area contributed by atoms with E-state index in [9.17, 15) is 4.79 Å². The Kier molecular flexibility index (Phi) is 6.68. The van der Waals surface area contributed by atoms with Crippen molar-refractivity contribution in [3.05, 3.63) is 35.9 Å². The van der Waals surface area contributed by atoms with E-state index in [1.54, 1.807) is 0 Å². The molecule has 5 nitrogen and oxygen atoms in total. The molecule has 1 aromatic rings. The first kappa shape index (κ1) is 16.8. The van der Waals surface area contributed by atoms with Gasteiger partial charge in [0.1, 0.15) is 6.61 Å². The lowest BCUT2D eigenvalue weighted by atomic mass is 9.86. The molecule has 1 atom stereocenters. The highest BCUT2D eigenvalue weighted by atomic mass is 16.5. The first-order valence-electron chi connectivity index (χ1n) is 7.98. The van der Waals surface area contributed by atoms with Gasteiger partial charge in [0.25, 0.3) is 0 Å². The van der Waals surface area contributed by atoms with Gasteiger partial charge in [-0.1, -0.05) is 30.3 Å². The summed E-state index contributed by atoms with van der Waals surface area (Å²) in [5.41, 5.74) is 0.996. The molecule has 2 rings (SSSR count). The van der Waals surface area contributed by atoms with Crippen LogP contribution in [0.5, 0.6) is 0 Å². The maximum absolute atomic E-state index is 11.7. The molecular weight excluding hydrogens is 280 g/mol. The topological polar surface area (TPSA) is 59.6 Å². The summed E-state index contributed by atoms with van der Waals surface area (Å²) in [6, 6.07) is 10.7. The predicted molar refractivity (Wildman–Crippen MR) is 85.7 cm³/mol. The fourth-order valence-electron chi connectivity index (χ4n) is 2.55. The second kappa shape index (κ2) is 8.76. The van der Waals surface area contributed by atoms with Crippen LogP contribution in [0.15, 0.2) is 30.3 Å². The van der Waals surface area contributed by atoms with E-state index in [4.69, 9.17) is 9.47 Å². The van der Waals surface area contributed by atoms with E-state index in [-0.39, 0.29) is 12.1 Å². The van der Waals surface area contributed by atoms with Gasteiger partial charge in [0.2, 0.25) is 0 Å². The van der Waals surface area contributed by atoms with Crippen LogP contribution < -0.4 is 10.6 Å². The van der Waals surface area contributed by atoms with Gasteiger partial charge in [0.15, 0.2) is 0 Å². The van der Waals surface area contributed by atoms with E-state index in [0.717, 1.165) is 31.6 Å². The van der Waals surface area contributed by atoms with E-state index >= 15 is 0 Å². The molecule has 0 bridgehead atoms. The van der Waals surface area contributed by atoms with E-state index in [0.29, 0.717) is 18.7 Å². The third-order valence-electron chi connectivity index (χ3n) is 3.76. The fraction of sp³-hybridized carbons (Fsp3) is 0.588. The zero-order valence-electron chi connectivity index (χ0n) is 13.4. The Balaban J connectivity index is 1.56. The predicted octanol–water partition coefficient (Wildman–Crippen LogP) is 2.46. The van der Waals surface area contributed by atoms with Crippen LogP contribution in [0.1, 0.15) is 32.3 Å². The van der Waals surface area contributed by atoms with Crippen molar-refractivity contribution >= 4 is 6.09 Å². The third-order valence-corrected chi connectivity index (χ3v) is 3.76. The van der Waals surface area contributed by atoms with Crippen molar-refractivity contribution in [2.75, 3.05) is 13.2 Å². The van der Waals surface area contributed by atoms with Crippen molar-refractivity contribution in [3.63, 3.8) is 0 Å². The number of amides is 1. The summed E-state index contributed by atoms with van der Waals surface area (Å²) in [5.74, 6) is 0. The molecule has 0 heterocycles. The third kappa shape index (κ3) is 5.66. The van der Waals surface area contributed by atoms with Gasteiger partial charge in [-0.05, 0) is 32.3 Å². The number of alkyl carbamates (subject to hydrolysis) is 1. The van der Waals surface area contributed by atoms with Crippen molar-refractivity contribution < 1.29 is 14.3 Å². The maximum atomic E-state index is 11.7. The van der Waals surface area contributed by atoms with E-state index in [2.05, 4.69) is 17.6 Å². The van der Waals surface area contributed by atoms with Crippen LogP contribution in [-0.2, 0) is 16.1 Å². The molecule has 0 aromatic heterocycles. The summed E-state index contributed by atoms with van der Waals surface area (Å²) in [6.45, 7) is 5.90. The minimum absolute atomic E-state index is 0.208. The average molecular weight is 306 g/mol. The number of hydrogen-bond acceptors (Lipinski definition) is 4. The van der Waals surface area contributed by atoms with Gasteiger partial charge in [0, 0.05) is 24.7 Å². The Bertz CT molecular complexity index is 446. The molecule has 0 radical (unpaired) electrons. The van der Waals surface area contributed by atoms with Crippen molar-refractivity contribution in [2.45, 2.75) is 51.4 Å². The molecule has 22 heavy (non-hydrogen) atoms. The molecule has 1 amide bonds. The molecule has 1 fully saturated rings. The number of hydrogen-bond donors (Lipinski definition) is 2. The van der Waals surface area contributed by atoms with Crippen molar-refractivity contribution in [1.82, 2.24) is 10.6 Å². The number of benzene rings is 1. The van der Waals surface area contributed by atoms with Gasteiger partial charge in [-0.25, -0.2) is 4.79 Å². The molecule has 1 saturated carbocycles. The number of carbonyl (C=O) groups excluding carboxylic acids is 1. The van der Waals surface area contributed by atoms with Gasteiger partial charge in [0.05, 0.1) is 6.61 Å². The molecule has 1 unspecified atom stereocenters. The summed E-state index contributed by atoms with van der Waals surface area (Å²) in [4.78, 5) is 11.7. The van der Waals surface area contributed by atoms with Gasteiger partial charge < -0.3 is 20.1 Å². The lowest BCUT2D eigenvalue weighted by molar-refractivity contribution is 0.106. The zero-order valence-corrected chi connectivity index (χ0v) is 13.4. The Morgan fingerprint density at radius 3 is 2.68 bits per heavy atom. The van der Waals surface area contributed by atoms with Crippen LogP contribution in [-0.4, -0.2) is 37.4 Å². The number of rotatable bonds is 8. The second-order valence-corrected chi connectivity index (χ2v) is 5.80. The first-order valence-corrected chi connectivity index (χ1v) is 7.98. The highest BCUT2D eigenvalue weighted by Crippen LogP contribution is 2.20. The SMILES string of the molecule is CCOCC(C)NC1CC(NC(=O)OCc2ccccc2)C1. The minimum atomic E-state index is -0.338. The Morgan fingerprint density at radius 1 is 1.27 bits per heavy atom. The lowest BCUT2D eigenvalue weighted by Crippen LogP contribution is -2.54. The Labute approximate surface area is 132 Å². The molecule has 0 saturated heterocycles. The van der Waals surface area contributed by atoms with Crippen LogP contribution in [0, 0.1) is 0 Å². The summed E-state index contributed by atoms with van der Waals surface area (Å²) < 4.78 is 10.6. The van der Waals surface area contributed by atoms with Gasteiger partial charge in [-0.3, -0.25) is 0 Å². The molecule has 122 valence electrons. The highest BCUT2D eigenvalue weighted by molar-refractivity contribution is 5.67. The summed E-state index contributed by atoms with van der Waals surface area (Å²) in [5, 5.41) is 6.40. The second-order valence-electron chi connectivity index (χ2n) is 5.80. The monoisotopic (exact) mass is 306 g/mol. The van der Waals surface area contributed by atoms with Crippen molar-refractivity contribution in [3.8, 4) is 0 Å². The molecule has 1 aliphatic carbocycles. The van der Waals surface area contributed by atoms with Crippen LogP contribution in [0.4, 0.5) is 4.79 Å². The van der Waals surface area contributed by atoms with Crippen LogP contribution in [0.3, 0.4) is 0 Å². The quantitative estimate of drug-likeness (QED) is 0.774. The van der Waals surface area contributed by atoms with Gasteiger partial charge in [-0.15, -0.1) is 0 Å². The highest BCUT2D eigenvalue weighted by Gasteiger charge is 2.31. The number of carbonyl (C=O) groups is 1. The standard InChI is InChI=1S/C17H26N2O3/c1-3-21-11-13(2)18-15-9-16(10-15)19-17(20)22-12-14-7-5-4-6-8-14/h4-8,13,15-16,18H,3,9-12H2,1-2H3,(H,19,20). The zero-order chi connectivity index (χ0) is 15.8. The van der Waals surface area contributed by atoms with Crippen LogP contribution in [0.2, 0.25) is 0 Å². The van der Waals surface area contributed by atoms with E-state index < -0.39 is 0 Å². The normalized spacial score (nSPS) is 21.7. The van der Waals surface area contributed by atoms with Crippen LogP contribution >= 0.6 is 0 Å². The van der Waals surface area contributed by atoms with Crippen LogP contribution in [0.25, 0.3) is 0 Å². The summed E-state index contributed by atoms with van der Waals surface area (Å²) >= 11 is 0. The molecule has 0 aliphatic heterocycles. The van der Waals surface area contributed by atoms with Gasteiger partial charge >= 0.3 is 6.09 Å². The average Bonchev–Trinajstić information content (AvgIpc) is 2.50. The molecule has 0 spiro atoms. The molecule has 5 heteroatoms. The minimum Gasteiger partial charge on any atom is -0.445 e. The Morgan fingerprint density at radius 2 is 2.00 bits per heavy atom. The smallest absolute Gasteiger partial charge is 0.407 e. The van der Waals surface area contributed by atoms with Crippen molar-refractivity contribution in [1.29, 1.82) is 0 Å². The summed E-state index contributed by atoms with van der Waals surface area (Å²) in [7, 11) is 0. The molecule has 2 N–H and O–H groups in total. The Hall–Kier alpha value is -1.59. The first-order chi connectivity index (χ1) is 10.7. The van der Waals surface area contributed by atoms with Gasteiger partial charge in [-0.2, -0.15) is 0 Å². The number of ether oxygens (including phenoxy) is 2. The number of nitrogens with one attached hydrogen (secondary N) is 2. The maximum Gasteiger partial charge on any atom is 0.407 e. The largest absolute Gasteiger partial charge is 0.445 e. The molecular formula is C17H26N2O3. The summed E-state index contributed by atoms with van der Waals surface area (Å²) in [6.07, 6.45) is 1.54. The van der Waals surface area contributed by atoms with E-state index in [1.807, 2.05) is 37.3 Å².